The molecule has 2 aromatic rings. The molecule has 1 amide bonds. The van der Waals surface area contributed by atoms with Crippen LogP contribution in [0.4, 0.5) is 13.2 Å². The quantitative estimate of drug-likeness (QED) is 0.675. The fourth-order valence-corrected chi connectivity index (χ4v) is 4.71. The van der Waals surface area contributed by atoms with Gasteiger partial charge < -0.3 is 10.8 Å². The Morgan fingerprint density at radius 1 is 1.09 bits per heavy atom. The minimum absolute atomic E-state index is 0.0281. The number of sulfonamides is 1. The Labute approximate surface area is 187 Å². The first-order chi connectivity index (χ1) is 14.8. The molecule has 3 N–H and O–H groups in total. The van der Waals surface area contributed by atoms with Crippen molar-refractivity contribution in [3.8, 4) is 0 Å². The van der Waals surface area contributed by atoms with Crippen molar-refractivity contribution in [3.63, 3.8) is 0 Å². The van der Waals surface area contributed by atoms with E-state index in [9.17, 15) is 31.2 Å². The Hall–Kier alpha value is -2.63. The molecule has 7 nitrogen and oxygen atoms in total. The van der Waals surface area contributed by atoms with Crippen LogP contribution in [0, 0.1) is 5.92 Å². The second kappa shape index (κ2) is 10.3. The highest BCUT2D eigenvalue weighted by Gasteiger charge is 2.34. The third kappa shape index (κ3) is 6.44. The summed E-state index contributed by atoms with van der Waals surface area (Å²) in [5.74, 6) is -2.65. The number of halogens is 4. The number of carbonyl (C=O) groups excluding carboxylic acids is 1. The summed E-state index contributed by atoms with van der Waals surface area (Å²) in [6.45, 7) is 0.384. The molecule has 174 valence electrons. The number of aliphatic carboxylic acids is 1. The molecular formula is C20H20ClF3N2O5S. The summed E-state index contributed by atoms with van der Waals surface area (Å²) in [4.78, 5) is 21.7. The van der Waals surface area contributed by atoms with Crippen LogP contribution in [-0.4, -0.2) is 42.8 Å². The van der Waals surface area contributed by atoms with Crippen LogP contribution in [0.3, 0.4) is 0 Å². The fraction of sp³-hybridized carbons (Fsp3) is 0.300. The molecule has 0 aromatic heterocycles. The molecule has 32 heavy (non-hydrogen) atoms. The smallest absolute Gasteiger partial charge is 0.417 e. The molecular weight excluding hydrogens is 473 g/mol. The van der Waals surface area contributed by atoms with Gasteiger partial charge in [0.05, 0.1) is 21.9 Å². The summed E-state index contributed by atoms with van der Waals surface area (Å²) in [5, 5.41) is 9.45. The molecule has 1 aliphatic heterocycles. The lowest BCUT2D eigenvalue weighted by Crippen LogP contribution is -2.42. The van der Waals surface area contributed by atoms with Crippen molar-refractivity contribution in [3.05, 3.63) is 64.7 Å². The highest BCUT2D eigenvalue weighted by Crippen LogP contribution is 2.31. The fourth-order valence-electron chi connectivity index (χ4n) is 3.06. The molecule has 1 aliphatic rings. The van der Waals surface area contributed by atoms with Gasteiger partial charge in [-0.15, -0.1) is 0 Å². The lowest BCUT2D eigenvalue weighted by atomic mass is 10.0. The zero-order valence-corrected chi connectivity index (χ0v) is 18.1. The second-order valence-corrected chi connectivity index (χ2v) is 9.28. The van der Waals surface area contributed by atoms with Crippen molar-refractivity contribution in [2.45, 2.75) is 23.9 Å². The summed E-state index contributed by atoms with van der Waals surface area (Å²) in [7, 11) is -3.63. The molecule has 12 heteroatoms. The van der Waals surface area contributed by atoms with Gasteiger partial charge >= 0.3 is 12.1 Å². The summed E-state index contributed by atoms with van der Waals surface area (Å²) in [6, 6.07) is 10.3. The van der Waals surface area contributed by atoms with Gasteiger partial charge in [0.2, 0.25) is 15.9 Å². The average molecular weight is 493 g/mol. The summed E-state index contributed by atoms with van der Waals surface area (Å²) >= 11 is 5.73. The van der Waals surface area contributed by atoms with Gasteiger partial charge in [-0.3, -0.25) is 9.59 Å². The number of benzene rings is 2. The number of primary amides is 1. The van der Waals surface area contributed by atoms with Crippen molar-refractivity contribution < 1.29 is 36.3 Å². The molecule has 0 spiro atoms. The van der Waals surface area contributed by atoms with Gasteiger partial charge in [0.15, 0.2) is 0 Å². The molecule has 0 aliphatic carbocycles. The lowest BCUT2D eigenvalue weighted by molar-refractivity contribution is -0.143. The highest BCUT2D eigenvalue weighted by atomic mass is 35.5. The predicted octanol–water partition coefficient (Wildman–Crippen LogP) is 3.63. The Balaban J connectivity index is 0.000000244. The first-order valence-electron chi connectivity index (χ1n) is 9.28. The largest absolute Gasteiger partial charge is 0.481 e. The van der Waals surface area contributed by atoms with Crippen LogP contribution < -0.4 is 5.73 Å². The van der Waals surface area contributed by atoms with Crippen molar-refractivity contribution in [2.75, 3.05) is 13.1 Å². The van der Waals surface area contributed by atoms with E-state index in [1.54, 1.807) is 0 Å². The van der Waals surface area contributed by atoms with Crippen molar-refractivity contribution in [2.24, 2.45) is 11.7 Å². The minimum atomic E-state index is -4.54. The number of amides is 1. The van der Waals surface area contributed by atoms with E-state index in [0.29, 0.717) is 24.4 Å². The van der Waals surface area contributed by atoms with Gasteiger partial charge in [-0.2, -0.15) is 17.5 Å². The van der Waals surface area contributed by atoms with E-state index in [1.807, 2.05) is 0 Å². The maximum Gasteiger partial charge on any atom is 0.417 e. The maximum absolute atomic E-state index is 12.4. The average Bonchev–Trinajstić information content (AvgIpc) is 2.74. The molecule has 0 bridgehead atoms. The Bertz CT molecular complexity index is 1080. The highest BCUT2D eigenvalue weighted by molar-refractivity contribution is 7.89. The van der Waals surface area contributed by atoms with Crippen LogP contribution >= 0.6 is 11.6 Å². The number of carboxylic acid groups (broad SMARTS) is 1. The van der Waals surface area contributed by atoms with E-state index in [4.69, 9.17) is 22.4 Å². The number of carbonyl (C=O) groups is 2. The van der Waals surface area contributed by atoms with Crippen LogP contribution in [0.5, 0.6) is 0 Å². The molecule has 0 saturated carbocycles. The number of nitrogens with zero attached hydrogens (tertiary/aromatic N) is 1. The third-order valence-corrected chi connectivity index (χ3v) is 6.81. The van der Waals surface area contributed by atoms with Gasteiger partial charge in [0, 0.05) is 18.1 Å². The first-order valence-corrected chi connectivity index (χ1v) is 11.1. The van der Waals surface area contributed by atoms with E-state index in [0.717, 1.165) is 12.1 Å². The van der Waals surface area contributed by atoms with Crippen molar-refractivity contribution >= 4 is 33.5 Å². The van der Waals surface area contributed by atoms with E-state index >= 15 is 0 Å². The topological polar surface area (TPSA) is 118 Å². The van der Waals surface area contributed by atoms with Gasteiger partial charge in [0.1, 0.15) is 0 Å². The number of carboxylic acids is 1. The summed E-state index contributed by atoms with van der Waals surface area (Å²) in [6.07, 6.45) is -3.46. The van der Waals surface area contributed by atoms with Crippen LogP contribution in [0.25, 0.3) is 0 Å². The predicted molar refractivity (Wildman–Crippen MR) is 111 cm³/mol. The molecule has 1 unspecified atom stereocenters. The van der Waals surface area contributed by atoms with Gasteiger partial charge in [0.25, 0.3) is 0 Å². The van der Waals surface area contributed by atoms with E-state index in [1.165, 1.54) is 40.7 Å². The summed E-state index contributed by atoms with van der Waals surface area (Å²) < 4.78 is 62.6. The van der Waals surface area contributed by atoms with E-state index in [2.05, 4.69) is 0 Å². The van der Waals surface area contributed by atoms with Crippen molar-refractivity contribution in [1.29, 1.82) is 0 Å². The first kappa shape index (κ1) is 25.6. The van der Waals surface area contributed by atoms with Crippen LogP contribution in [0.15, 0.2) is 53.4 Å². The van der Waals surface area contributed by atoms with Crippen molar-refractivity contribution in [1.82, 2.24) is 4.31 Å². The second-order valence-electron chi connectivity index (χ2n) is 6.90. The zero-order valence-electron chi connectivity index (χ0n) is 16.5. The number of hydrogen-bond acceptors (Lipinski definition) is 4. The number of piperidine rings is 1. The van der Waals surface area contributed by atoms with Gasteiger partial charge in [-0.1, -0.05) is 23.7 Å². The number of alkyl halides is 3. The maximum atomic E-state index is 12.4. The van der Waals surface area contributed by atoms with Crippen LogP contribution in [-0.2, 0) is 21.0 Å². The SMILES string of the molecule is NC(=O)c1ccccc1C(F)(F)F.O=C(O)C1CCCN(S(=O)(=O)c2ccc(Cl)cc2)C1. The Morgan fingerprint density at radius 3 is 2.19 bits per heavy atom. The normalized spacial score (nSPS) is 17.2. The molecule has 1 atom stereocenters. The zero-order chi connectivity index (χ0) is 24.1. The molecule has 1 fully saturated rings. The number of nitrogens with two attached hydrogens (primary N) is 1. The van der Waals surface area contributed by atoms with Gasteiger partial charge in [-0.25, -0.2) is 8.42 Å². The van der Waals surface area contributed by atoms with Crippen LogP contribution in [0.1, 0.15) is 28.8 Å². The molecule has 3 rings (SSSR count). The Kier molecular flexibility index (Phi) is 8.27. The lowest BCUT2D eigenvalue weighted by Gasteiger charge is -2.29. The molecule has 1 heterocycles. The van der Waals surface area contributed by atoms with E-state index in [-0.39, 0.29) is 11.4 Å². The summed E-state index contributed by atoms with van der Waals surface area (Å²) in [5.41, 5.74) is 3.27. The number of rotatable bonds is 4. The Morgan fingerprint density at radius 2 is 1.69 bits per heavy atom. The van der Waals surface area contributed by atoms with E-state index < -0.39 is 45.1 Å². The van der Waals surface area contributed by atoms with Crippen LogP contribution in [0.2, 0.25) is 5.02 Å². The monoisotopic (exact) mass is 492 g/mol. The molecule has 0 radical (unpaired) electrons. The minimum Gasteiger partial charge on any atom is -0.481 e. The molecule has 2 aromatic carbocycles. The molecule has 1 saturated heterocycles. The number of hydrogen-bond donors (Lipinski definition) is 2. The van der Waals surface area contributed by atoms with Gasteiger partial charge in [-0.05, 0) is 49.2 Å². The standard InChI is InChI=1S/C12H14ClNO4S.C8H6F3NO/c13-10-3-5-11(6-4-10)19(17,18)14-7-1-2-9(8-14)12(15)16;9-8(10,11)6-4-2-1-3-5(6)7(12)13/h3-6,9H,1-2,7-8H2,(H,15,16);1-4H,(H2,12,13). The third-order valence-electron chi connectivity index (χ3n) is 4.68.